The monoisotopic (exact) mass is 418 g/mol. The van der Waals surface area contributed by atoms with E-state index in [9.17, 15) is 9.59 Å². The van der Waals surface area contributed by atoms with Crippen LogP contribution in [0.3, 0.4) is 0 Å². The van der Waals surface area contributed by atoms with Crippen molar-refractivity contribution < 1.29 is 19.1 Å². The topological polar surface area (TPSA) is 114 Å². The van der Waals surface area contributed by atoms with Crippen LogP contribution in [0.15, 0.2) is 67.3 Å². The van der Waals surface area contributed by atoms with Crippen molar-refractivity contribution in [3.05, 3.63) is 84.2 Å². The number of rotatable bonds is 7. The molecule has 1 atom stereocenters. The standard InChI is InChI=1S/C21H18N6O4/c1-14-18(24-25-27(14)16-9-6-10-17(11-16)30-2)21(29)31-20(26-13-22-12-23-26)19(28)15-7-4-3-5-8-15/h3-13,20H,1-2H3/t20-/m0/s1. The molecule has 0 saturated heterocycles. The summed E-state index contributed by atoms with van der Waals surface area (Å²) in [4.78, 5) is 29.7. The molecule has 156 valence electrons. The van der Waals surface area contributed by atoms with Crippen LogP contribution in [0.25, 0.3) is 5.69 Å². The second-order valence-corrected chi connectivity index (χ2v) is 6.50. The van der Waals surface area contributed by atoms with E-state index in [0.717, 1.165) is 0 Å². The number of hydrogen-bond acceptors (Lipinski definition) is 8. The lowest BCUT2D eigenvalue weighted by Crippen LogP contribution is -2.26. The average molecular weight is 418 g/mol. The van der Waals surface area contributed by atoms with Crippen molar-refractivity contribution in [3.63, 3.8) is 0 Å². The quantitative estimate of drug-likeness (QED) is 0.332. The van der Waals surface area contributed by atoms with E-state index in [1.54, 1.807) is 68.6 Å². The summed E-state index contributed by atoms with van der Waals surface area (Å²) in [5.74, 6) is -0.620. The summed E-state index contributed by atoms with van der Waals surface area (Å²) in [6.07, 6.45) is 1.22. The zero-order valence-electron chi connectivity index (χ0n) is 16.7. The van der Waals surface area contributed by atoms with Gasteiger partial charge in [-0.1, -0.05) is 41.6 Å². The summed E-state index contributed by atoms with van der Waals surface area (Å²) in [6, 6.07) is 15.6. The normalized spacial score (nSPS) is 11.7. The highest BCUT2D eigenvalue weighted by Crippen LogP contribution is 2.21. The molecule has 0 radical (unpaired) electrons. The highest BCUT2D eigenvalue weighted by Gasteiger charge is 2.29. The Balaban J connectivity index is 1.62. The minimum atomic E-state index is -1.33. The van der Waals surface area contributed by atoms with Crippen LogP contribution >= 0.6 is 0 Å². The molecule has 0 unspecified atom stereocenters. The van der Waals surface area contributed by atoms with Gasteiger partial charge in [0, 0.05) is 11.6 Å². The summed E-state index contributed by atoms with van der Waals surface area (Å²) < 4.78 is 13.4. The maximum Gasteiger partial charge on any atom is 0.363 e. The molecule has 0 aliphatic rings. The maximum atomic E-state index is 13.0. The van der Waals surface area contributed by atoms with Crippen LogP contribution in [0.1, 0.15) is 32.8 Å². The minimum Gasteiger partial charge on any atom is -0.497 e. The van der Waals surface area contributed by atoms with Crippen LogP contribution in [0.4, 0.5) is 0 Å². The Morgan fingerprint density at radius 1 is 1.06 bits per heavy atom. The van der Waals surface area contributed by atoms with Gasteiger partial charge in [0.15, 0.2) is 5.69 Å². The van der Waals surface area contributed by atoms with Crippen LogP contribution in [0, 0.1) is 6.92 Å². The third kappa shape index (κ3) is 4.04. The van der Waals surface area contributed by atoms with Gasteiger partial charge in [0.1, 0.15) is 18.4 Å². The Bertz CT molecular complexity index is 1200. The van der Waals surface area contributed by atoms with Crippen molar-refractivity contribution in [1.29, 1.82) is 0 Å². The lowest BCUT2D eigenvalue weighted by atomic mass is 10.1. The van der Waals surface area contributed by atoms with Gasteiger partial charge in [-0.2, -0.15) is 5.10 Å². The molecule has 4 aromatic rings. The molecule has 0 amide bonds. The molecule has 0 saturated carbocycles. The van der Waals surface area contributed by atoms with Gasteiger partial charge in [-0.15, -0.1) is 5.10 Å². The Morgan fingerprint density at radius 3 is 2.58 bits per heavy atom. The largest absolute Gasteiger partial charge is 0.497 e. The molecule has 0 spiro atoms. The number of ether oxygens (including phenoxy) is 2. The molecular weight excluding hydrogens is 400 g/mol. The minimum absolute atomic E-state index is 0.0196. The lowest BCUT2D eigenvalue weighted by Gasteiger charge is -2.16. The van der Waals surface area contributed by atoms with E-state index in [0.29, 0.717) is 22.7 Å². The van der Waals surface area contributed by atoms with Gasteiger partial charge in [0.05, 0.1) is 18.5 Å². The Kier molecular flexibility index (Phi) is 5.52. The Hall–Kier alpha value is -4.34. The fourth-order valence-electron chi connectivity index (χ4n) is 2.97. The van der Waals surface area contributed by atoms with Gasteiger partial charge < -0.3 is 9.47 Å². The van der Waals surface area contributed by atoms with E-state index in [1.807, 2.05) is 0 Å². The molecule has 0 aliphatic carbocycles. The van der Waals surface area contributed by atoms with Crippen LogP contribution in [0.5, 0.6) is 5.75 Å². The third-order valence-corrected chi connectivity index (χ3v) is 4.56. The van der Waals surface area contributed by atoms with E-state index in [4.69, 9.17) is 9.47 Å². The van der Waals surface area contributed by atoms with Gasteiger partial charge in [-0.25, -0.2) is 19.1 Å². The van der Waals surface area contributed by atoms with Crippen LogP contribution in [-0.4, -0.2) is 48.6 Å². The first-order valence-electron chi connectivity index (χ1n) is 9.29. The zero-order chi connectivity index (χ0) is 21.8. The first kappa shape index (κ1) is 20.0. The summed E-state index contributed by atoms with van der Waals surface area (Å²) in [6.45, 7) is 1.68. The van der Waals surface area contributed by atoms with Crippen LogP contribution in [-0.2, 0) is 4.74 Å². The fourth-order valence-corrected chi connectivity index (χ4v) is 2.97. The molecule has 10 heteroatoms. The maximum absolute atomic E-state index is 13.0. The summed E-state index contributed by atoms with van der Waals surface area (Å²) >= 11 is 0. The van der Waals surface area contributed by atoms with Gasteiger partial charge in [0.2, 0.25) is 5.78 Å². The van der Waals surface area contributed by atoms with Gasteiger partial charge in [-0.05, 0) is 19.1 Å². The number of aromatic nitrogens is 6. The number of carbonyl (C=O) groups is 2. The van der Waals surface area contributed by atoms with Crippen molar-refractivity contribution in [2.45, 2.75) is 13.2 Å². The predicted octanol–water partition coefficient (Wildman–Crippen LogP) is 2.41. The molecule has 31 heavy (non-hydrogen) atoms. The lowest BCUT2D eigenvalue weighted by molar-refractivity contribution is 0.00738. The molecule has 0 N–H and O–H groups in total. The van der Waals surface area contributed by atoms with Crippen LogP contribution in [0.2, 0.25) is 0 Å². The molecule has 0 fully saturated rings. The first-order valence-corrected chi connectivity index (χ1v) is 9.29. The van der Waals surface area contributed by atoms with E-state index in [2.05, 4.69) is 20.4 Å². The number of hydrogen-bond donors (Lipinski definition) is 0. The van der Waals surface area contributed by atoms with Crippen molar-refractivity contribution in [2.24, 2.45) is 0 Å². The van der Waals surface area contributed by atoms with Crippen LogP contribution < -0.4 is 4.74 Å². The molecule has 2 aromatic heterocycles. The number of carbonyl (C=O) groups excluding carboxylic acids is 2. The number of methoxy groups -OCH3 is 1. The predicted molar refractivity (Wildman–Crippen MR) is 108 cm³/mol. The molecule has 2 aromatic carbocycles. The average Bonchev–Trinajstić information content (AvgIpc) is 3.47. The number of esters is 1. The van der Waals surface area contributed by atoms with Crippen molar-refractivity contribution >= 4 is 11.8 Å². The molecule has 4 rings (SSSR count). The highest BCUT2D eigenvalue weighted by molar-refractivity contribution is 6.00. The number of ketones is 1. The Labute approximate surface area is 177 Å². The number of Topliss-reactive ketones (excluding diaryl/α,β-unsaturated/α-hetero) is 1. The van der Waals surface area contributed by atoms with Crippen molar-refractivity contribution in [3.8, 4) is 11.4 Å². The number of benzene rings is 2. The summed E-state index contributed by atoms with van der Waals surface area (Å²) in [5, 5.41) is 12.0. The van der Waals surface area contributed by atoms with E-state index in [-0.39, 0.29) is 5.69 Å². The fraction of sp³-hybridized carbons (Fsp3) is 0.143. The molecule has 0 aliphatic heterocycles. The molecule has 0 bridgehead atoms. The molecule has 10 nitrogen and oxygen atoms in total. The SMILES string of the molecule is COc1cccc(-n2nnc(C(=O)O[C@@H](C(=O)c3ccccc3)n3cncn3)c2C)c1. The second-order valence-electron chi connectivity index (χ2n) is 6.50. The van der Waals surface area contributed by atoms with E-state index >= 15 is 0 Å². The third-order valence-electron chi connectivity index (χ3n) is 4.56. The molecular formula is C21H18N6O4. The van der Waals surface area contributed by atoms with E-state index in [1.165, 1.54) is 22.0 Å². The zero-order valence-corrected chi connectivity index (χ0v) is 16.7. The number of nitrogens with zero attached hydrogens (tertiary/aromatic N) is 6. The summed E-state index contributed by atoms with van der Waals surface area (Å²) in [5.41, 5.74) is 1.46. The first-order chi connectivity index (χ1) is 15.1. The second kappa shape index (κ2) is 8.57. The molecule has 2 heterocycles. The van der Waals surface area contributed by atoms with E-state index < -0.39 is 18.0 Å². The Morgan fingerprint density at radius 2 is 1.87 bits per heavy atom. The van der Waals surface area contributed by atoms with Gasteiger partial charge in [-0.3, -0.25) is 4.79 Å². The van der Waals surface area contributed by atoms with Gasteiger partial charge >= 0.3 is 5.97 Å². The van der Waals surface area contributed by atoms with Crippen molar-refractivity contribution in [2.75, 3.05) is 7.11 Å². The summed E-state index contributed by atoms with van der Waals surface area (Å²) in [7, 11) is 1.56. The smallest absolute Gasteiger partial charge is 0.363 e. The highest BCUT2D eigenvalue weighted by atomic mass is 16.6. The van der Waals surface area contributed by atoms with Gasteiger partial charge in [0.25, 0.3) is 6.23 Å². The van der Waals surface area contributed by atoms with Crippen molar-refractivity contribution in [1.82, 2.24) is 29.8 Å².